The predicted octanol–water partition coefficient (Wildman–Crippen LogP) is 6.13. The van der Waals surface area contributed by atoms with Crippen LogP contribution in [0.15, 0.2) is 0 Å². The molecule has 0 aromatic carbocycles. The van der Waals surface area contributed by atoms with Crippen molar-refractivity contribution >= 4 is 16.5 Å². The fraction of sp³-hybridized carbons (Fsp3) is 1.00. The van der Waals surface area contributed by atoms with Crippen molar-refractivity contribution in [2.24, 2.45) is 0 Å². The van der Waals surface area contributed by atoms with Gasteiger partial charge in [-0.3, -0.25) is 0 Å². The average Bonchev–Trinajstić information content (AvgIpc) is 2.51. The molecule has 0 radical (unpaired) electrons. The van der Waals surface area contributed by atoms with Gasteiger partial charge in [0.15, 0.2) is 0 Å². The van der Waals surface area contributed by atoms with E-state index in [0.29, 0.717) is 0 Å². The second-order valence-electron chi connectivity index (χ2n) is 6.10. The first kappa shape index (κ1) is 29.8. The van der Waals surface area contributed by atoms with E-state index in [1.807, 2.05) is 0 Å². The van der Waals surface area contributed by atoms with Gasteiger partial charge in [0, 0.05) is 9.13 Å². The van der Waals surface area contributed by atoms with Gasteiger partial charge in [-0.15, -0.1) is 19.6 Å². The zero-order valence-electron chi connectivity index (χ0n) is 16.1. The van der Waals surface area contributed by atoms with E-state index >= 15 is 0 Å². The van der Waals surface area contributed by atoms with Crippen LogP contribution in [0.3, 0.4) is 0 Å². The Morgan fingerprint density at radius 3 is 0.680 bits per heavy atom. The van der Waals surface area contributed by atoms with Crippen LogP contribution in [0.2, 0.25) is 0 Å². The van der Waals surface area contributed by atoms with Crippen molar-refractivity contribution < 1.29 is 28.7 Å². The Morgan fingerprint density at radius 2 is 0.560 bits per heavy atom. The molecule has 0 fully saturated rings. The molecule has 0 bridgehead atoms. The first-order valence-corrected chi connectivity index (χ1v) is 11.9. The lowest BCUT2D eigenvalue weighted by atomic mass is 10.0. The largest absolute Gasteiger partial charge is 0.692 e. The molecule has 0 saturated carbocycles. The molecule has 0 aliphatic rings. The Kier molecular flexibility index (Phi) is 34.4. The maximum atomic E-state index is 8.70. The van der Waals surface area contributed by atoms with Crippen LogP contribution in [-0.4, -0.2) is 19.6 Å². The molecule has 152 valence electrons. The van der Waals surface area contributed by atoms with Gasteiger partial charge in [0.05, 0.1) is 0 Å². The van der Waals surface area contributed by atoms with Gasteiger partial charge in [-0.2, -0.15) is 0 Å². The monoisotopic (exact) mass is 402 g/mol. The summed E-state index contributed by atoms with van der Waals surface area (Å²) in [4.78, 5) is 28.5. The minimum absolute atomic E-state index is 1.37. The molecule has 0 aliphatic carbocycles. The second-order valence-corrected chi connectivity index (χ2v) is 7.11. The summed E-state index contributed by atoms with van der Waals surface area (Å²) < 4.78 is 17.4. The molecule has 0 aliphatic heterocycles. The van der Waals surface area contributed by atoms with Crippen LogP contribution < -0.4 is 0 Å². The van der Waals surface area contributed by atoms with Crippen molar-refractivity contribution in [3.8, 4) is 0 Å². The molecular weight excluding hydrogens is 362 g/mol. The van der Waals surface area contributed by atoms with Crippen LogP contribution >= 0.6 is 16.5 Å². The van der Waals surface area contributed by atoms with Crippen LogP contribution in [0.1, 0.15) is 110 Å². The fourth-order valence-electron chi connectivity index (χ4n) is 2.44. The second kappa shape index (κ2) is 28.8. The Labute approximate surface area is 156 Å². The molecule has 0 spiro atoms. The van der Waals surface area contributed by atoms with Gasteiger partial charge in [0.1, 0.15) is 0 Å². The lowest BCUT2D eigenvalue weighted by Crippen LogP contribution is -1.82. The zero-order chi connectivity index (χ0) is 19.8. The first-order chi connectivity index (χ1) is 11.9. The highest BCUT2D eigenvalue weighted by atomic mass is 31.1. The number of unbranched alkanes of at least 4 members (excludes halogenated alkanes) is 14. The highest BCUT2D eigenvalue weighted by Gasteiger charge is 1.94. The average molecular weight is 402 g/mol. The van der Waals surface area contributed by atoms with Crippen molar-refractivity contribution in [3.05, 3.63) is 0 Å². The van der Waals surface area contributed by atoms with E-state index in [9.17, 15) is 0 Å². The van der Waals surface area contributed by atoms with Crippen LogP contribution in [0.5, 0.6) is 0 Å². The van der Waals surface area contributed by atoms with Crippen molar-refractivity contribution in [1.82, 2.24) is 0 Å². The van der Waals surface area contributed by atoms with Gasteiger partial charge < -0.3 is 0 Å². The molecular formula is C17H40O6P2+2. The summed E-state index contributed by atoms with van der Waals surface area (Å²) in [6, 6.07) is 0. The number of rotatable bonds is 14. The smallest absolute Gasteiger partial charge is 0.134 e. The molecule has 0 atom stereocenters. The summed E-state index contributed by atoms with van der Waals surface area (Å²) in [5, 5.41) is 0. The predicted molar refractivity (Wildman–Crippen MR) is 105 cm³/mol. The highest BCUT2D eigenvalue weighted by molar-refractivity contribution is 7.31. The zero-order valence-corrected chi connectivity index (χ0v) is 17.9. The highest BCUT2D eigenvalue weighted by Crippen LogP contribution is 2.13. The standard InChI is InChI=1S/C17H36.2HO3P/c1-3-5-7-9-11-13-15-17-16-14-12-10-8-6-4-2;2*1-4(2)3/h3-17H2,1-2H3;2*(H-,1,2,3)/p+2. The molecule has 0 saturated heterocycles. The van der Waals surface area contributed by atoms with E-state index in [2.05, 4.69) is 13.8 Å². The maximum Gasteiger partial charge on any atom is 0.692 e. The minimum Gasteiger partial charge on any atom is -0.134 e. The lowest BCUT2D eigenvalue weighted by Gasteiger charge is -2.02. The molecule has 4 N–H and O–H groups in total. The van der Waals surface area contributed by atoms with E-state index in [4.69, 9.17) is 28.7 Å². The van der Waals surface area contributed by atoms with Gasteiger partial charge in [-0.25, -0.2) is 0 Å². The lowest BCUT2D eigenvalue weighted by molar-refractivity contribution is 0.403. The SMILES string of the molecule is CCCCCCCCCCCCCCCCC.O=[P+](O)O.O=[P+](O)O. The third-order valence-corrected chi connectivity index (χ3v) is 3.71. The normalized spacial score (nSPS) is 9.52. The first-order valence-electron chi connectivity index (χ1n) is 9.58. The molecule has 0 aromatic heterocycles. The van der Waals surface area contributed by atoms with Crippen LogP contribution in [0.4, 0.5) is 0 Å². The topological polar surface area (TPSA) is 115 Å². The summed E-state index contributed by atoms with van der Waals surface area (Å²) in [6.45, 7) is 4.58. The van der Waals surface area contributed by atoms with E-state index in [-0.39, 0.29) is 0 Å². The quantitative estimate of drug-likeness (QED) is 0.205. The Morgan fingerprint density at radius 1 is 0.440 bits per heavy atom. The van der Waals surface area contributed by atoms with Crippen molar-refractivity contribution in [2.45, 2.75) is 110 Å². The third-order valence-electron chi connectivity index (χ3n) is 3.71. The number of hydrogen-bond acceptors (Lipinski definition) is 2. The van der Waals surface area contributed by atoms with E-state index in [0.717, 1.165) is 0 Å². The third kappa shape index (κ3) is 59.2. The summed E-state index contributed by atoms with van der Waals surface area (Å²) in [5.74, 6) is 0. The van der Waals surface area contributed by atoms with Crippen molar-refractivity contribution in [1.29, 1.82) is 0 Å². The molecule has 0 unspecified atom stereocenters. The molecule has 8 heteroatoms. The van der Waals surface area contributed by atoms with Crippen LogP contribution in [-0.2, 0) is 9.13 Å². The molecule has 6 nitrogen and oxygen atoms in total. The van der Waals surface area contributed by atoms with Gasteiger partial charge in [0.25, 0.3) is 0 Å². The van der Waals surface area contributed by atoms with E-state index < -0.39 is 16.5 Å². The van der Waals surface area contributed by atoms with Crippen LogP contribution in [0.25, 0.3) is 0 Å². The van der Waals surface area contributed by atoms with Crippen LogP contribution in [0, 0.1) is 0 Å². The van der Waals surface area contributed by atoms with E-state index in [1.54, 1.807) is 0 Å². The molecule has 25 heavy (non-hydrogen) atoms. The van der Waals surface area contributed by atoms with Gasteiger partial charge in [0.2, 0.25) is 0 Å². The fourth-order valence-corrected chi connectivity index (χ4v) is 2.44. The van der Waals surface area contributed by atoms with E-state index in [1.165, 1.54) is 96.3 Å². The summed E-state index contributed by atoms with van der Waals surface area (Å²) in [7, 11) is -5.74. The van der Waals surface area contributed by atoms with Crippen molar-refractivity contribution in [2.75, 3.05) is 0 Å². The van der Waals surface area contributed by atoms with Gasteiger partial charge in [-0.1, -0.05) is 110 Å². The minimum atomic E-state index is -2.87. The van der Waals surface area contributed by atoms with Gasteiger partial charge in [-0.05, 0) is 0 Å². The molecule has 0 heterocycles. The number of hydrogen-bond donors (Lipinski definition) is 4. The summed E-state index contributed by atoms with van der Waals surface area (Å²) in [5.41, 5.74) is 0. The van der Waals surface area contributed by atoms with Crippen molar-refractivity contribution in [3.63, 3.8) is 0 Å². The maximum absolute atomic E-state index is 8.70. The summed E-state index contributed by atoms with van der Waals surface area (Å²) in [6.07, 6.45) is 21.9. The Balaban J connectivity index is -0.000000503. The van der Waals surface area contributed by atoms with Gasteiger partial charge >= 0.3 is 16.5 Å². The summed E-state index contributed by atoms with van der Waals surface area (Å²) >= 11 is 0. The molecule has 0 aromatic rings. The molecule has 0 amide bonds. The Hall–Kier alpha value is 0.0400. The molecule has 0 rings (SSSR count). The Bertz CT molecular complexity index is 244.